The van der Waals surface area contributed by atoms with Crippen molar-refractivity contribution < 1.29 is 23.4 Å². The molecular weight excluding hydrogens is 544 g/mol. The first-order valence-corrected chi connectivity index (χ1v) is 17.2. The SMILES string of the molecule is COCCOCCOCCOC1CCC(c2nccc(CO[Si](c3ccccc3)(c3ccccc3)C(C)(C)C)n2)CC1. The van der Waals surface area contributed by atoms with Gasteiger partial charge in [-0.3, -0.25) is 0 Å². The second-order valence-electron chi connectivity index (χ2n) is 11.9. The van der Waals surface area contributed by atoms with Crippen LogP contribution in [0.4, 0.5) is 0 Å². The van der Waals surface area contributed by atoms with Gasteiger partial charge in [-0.05, 0) is 47.2 Å². The molecule has 7 nitrogen and oxygen atoms in total. The Morgan fingerprint density at radius 2 is 1.31 bits per heavy atom. The van der Waals surface area contributed by atoms with Gasteiger partial charge in [0.05, 0.1) is 58.0 Å². The third kappa shape index (κ3) is 8.78. The Balaban J connectivity index is 1.32. The van der Waals surface area contributed by atoms with Crippen LogP contribution in [0.5, 0.6) is 0 Å². The molecule has 0 N–H and O–H groups in total. The zero-order valence-corrected chi connectivity index (χ0v) is 26.8. The lowest BCUT2D eigenvalue weighted by Gasteiger charge is -2.43. The van der Waals surface area contributed by atoms with E-state index in [1.807, 2.05) is 12.3 Å². The molecule has 0 aliphatic heterocycles. The Morgan fingerprint density at radius 1 is 0.738 bits per heavy atom. The fourth-order valence-corrected chi connectivity index (χ4v) is 10.4. The molecule has 1 saturated carbocycles. The summed E-state index contributed by atoms with van der Waals surface area (Å²) in [4.78, 5) is 9.71. The maximum Gasteiger partial charge on any atom is 0.261 e. The van der Waals surface area contributed by atoms with Gasteiger partial charge in [-0.2, -0.15) is 0 Å². The normalized spacial score (nSPS) is 17.8. The van der Waals surface area contributed by atoms with Gasteiger partial charge in [-0.1, -0.05) is 81.4 Å². The van der Waals surface area contributed by atoms with Gasteiger partial charge in [0.25, 0.3) is 8.32 Å². The van der Waals surface area contributed by atoms with E-state index in [2.05, 4.69) is 86.4 Å². The molecule has 0 radical (unpaired) electrons. The van der Waals surface area contributed by atoms with E-state index >= 15 is 0 Å². The van der Waals surface area contributed by atoms with Crippen molar-refractivity contribution in [2.24, 2.45) is 0 Å². The van der Waals surface area contributed by atoms with Crippen molar-refractivity contribution in [3.8, 4) is 0 Å². The summed E-state index contributed by atoms with van der Waals surface area (Å²) >= 11 is 0. The molecule has 4 rings (SSSR count). The highest BCUT2D eigenvalue weighted by Crippen LogP contribution is 2.37. The van der Waals surface area contributed by atoms with E-state index in [-0.39, 0.29) is 11.1 Å². The van der Waals surface area contributed by atoms with Gasteiger partial charge in [-0.25, -0.2) is 9.97 Å². The molecule has 0 spiro atoms. The summed E-state index contributed by atoms with van der Waals surface area (Å²) in [5, 5.41) is 2.47. The van der Waals surface area contributed by atoms with Crippen LogP contribution in [0.15, 0.2) is 72.9 Å². The summed E-state index contributed by atoms with van der Waals surface area (Å²) in [5.41, 5.74) is 0.940. The summed E-state index contributed by atoms with van der Waals surface area (Å²) in [6.45, 7) is 10.9. The predicted octanol–water partition coefficient (Wildman–Crippen LogP) is 5.28. The largest absolute Gasteiger partial charge is 0.401 e. The molecule has 0 atom stereocenters. The molecule has 1 aliphatic carbocycles. The second-order valence-corrected chi connectivity index (χ2v) is 16.2. The van der Waals surface area contributed by atoms with Crippen LogP contribution >= 0.6 is 0 Å². The topological polar surface area (TPSA) is 71.9 Å². The maximum atomic E-state index is 7.11. The van der Waals surface area contributed by atoms with Crippen LogP contribution < -0.4 is 10.4 Å². The number of hydrogen-bond acceptors (Lipinski definition) is 7. The minimum absolute atomic E-state index is 0.0766. The van der Waals surface area contributed by atoms with Crippen LogP contribution in [-0.4, -0.2) is 71.1 Å². The molecule has 3 aromatic rings. The van der Waals surface area contributed by atoms with E-state index in [0.717, 1.165) is 37.2 Å². The highest BCUT2D eigenvalue weighted by atomic mass is 28.4. The van der Waals surface area contributed by atoms with Crippen molar-refractivity contribution >= 4 is 18.7 Å². The summed E-state index contributed by atoms with van der Waals surface area (Å²) in [7, 11) is -0.958. The van der Waals surface area contributed by atoms with Gasteiger partial charge < -0.3 is 23.4 Å². The van der Waals surface area contributed by atoms with E-state index in [9.17, 15) is 0 Å². The predicted molar refractivity (Wildman–Crippen MR) is 169 cm³/mol. The van der Waals surface area contributed by atoms with Crippen LogP contribution in [0.2, 0.25) is 5.04 Å². The number of rotatable bonds is 16. The maximum absolute atomic E-state index is 7.11. The van der Waals surface area contributed by atoms with Crippen molar-refractivity contribution in [1.82, 2.24) is 9.97 Å². The zero-order valence-electron chi connectivity index (χ0n) is 25.8. The van der Waals surface area contributed by atoms with Gasteiger partial charge in [0.1, 0.15) is 5.82 Å². The highest BCUT2D eigenvalue weighted by Gasteiger charge is 2.50. The number of ether oxygens (including phenoxy) is 4. The summed E-state index contributed by atoms with van der Waals surface area (Å²) in [5.74, 6) is 1.27. The van der Waals surface area contributed by atoms with Crippen molar-refractivity contribution in [3.63, 3.8) is 0 Å². The minimum Gasteiger partial charge on any atom is -0.401 e. The fourth-order valence-electron chi connectivity index (χ4n) is 5.86. The van der Waals surface area contributed by atoms with E-state index < -0.39 is 8.32 Å². The zero-order chi connectivity index (χ0) is 29.7. The van der Waals surface area contributed by atoms with Crippen LogP contribution in [0.1, 0.15) is 63.9 Å². The molecular formula is C34H48N2O5Si. The Kier molecular flexibility index (Phi) is 12.7. The molecule has 0 saturated heterocycles. The van der Waals surface area contributed by atoms with Crippen LogP contribution in [0, 0.1) is 0 Å². The van der Waals surface area contributed by atoms with Gasteiger partial charge >= 0.3 is 0 Å². The molecule has 1 fully saturated rings. The Morgan fingerprint density at radius 3 is 1.88 bits per heavy atom. The lowest BCUT2D eigenvalue weighted by atomic mass is 9.87. The molecule has 0 bridgehead atoms. The van der Waals surface area contributed by atoms with Crippen LogP contribution in [0.3, 0.4) is 0 Å². The molecule has 42 heavy (non-hydrogen) atoms. The average molecular weight is 593 g/mol. The Hall–Kier alpha value is -2.46. The van der Waals surface area contributed by atoms with Crippen molar-refractivity contribution in [2.45, 2.75) is 70.1 Å². The smallest absolute Gasteiger partial charge is 0.261 e. The van der Waals surface area contributed by atoms with Crippen LogP contribution in [0.25, 0.3) is 0 Å². The van der Waals surface area contributed by atoms with Crippen molar-refractivity contribution in [2.75, 3.05) is 46.8 Å². The van der Waals surface area contributed by atoms with Crippen molar-refractivity contribution in [1.29, 1.82) is 0 Å². The molecule has 1 aromatic heterocycles. The second kappa shape index (κ2) is 16.4. The first-order valence-electron chi connectivity index (χ1n) is 15.3. The standard InChI is InChI=1S/C34H48N2O5Si/c1-34(2,3)42(31-11-7-5-8-12-31,32-13-9-6-10-14-32)41-27-29-19-20-35-33(36-29)28-15-17-30(18-16-28)40-26-25-39-24-23-38-22-21-37-4/h5-14,19-20,28,30H,15-18,21-27H2,1-4H3. The molecule has 8 heteroatoms. The van der Waals surface area contributed by atoms with Gasteiger partial charge in [0, 0.05) is 19.2 Å². The molecule has 1 aliphatic rings. The Bertz CT molecular complexity index is 1130. The highest BCUT2D eigenvalue weighted by molar-refractivity contribution is 6.99. The summed E-state index contributed by atoms with van der Waals surface area (Å²) in [6.07, 6.45) is 6.24. The van der Waals surface area contributed by atoms with E-state index in [4.69, 9.17) is 28.4 Å². The minimum atomic E-state index is -2.63. The molecule has 0 unspecified atom stereocenters. The van der Waals surface area contributed by atoms with Gasteiger partial charge in [-0.15, -0.1) is 0 Å². The Labute approximate surface area is 253 Å². The third-order valence-corrected chi connectivity index (χ3v) is 13.0. The first kappa shape index (κ1) is 32.5. The van der Waals surface area contributed by atoms with E-state index in [0.29, 0.717) is 52.2 Å². The molecule has 228 valence electrons. The lowest BCUT2D eigenvalue weighted by Crippen LogP contribution is -2.66. The van der Waals surface area contributed by atoms with Gasteiger partial charge in [0.15, 0.2) is 0 Å². The van der Waals surface area contributed by atoms with Crippen LogP contribution in [-0.2, 0) is 30.0 Å². The summed E-state index contributed by atoms with van der Waals surface area (Å²) in [6, 6.07) is 23.5. The number of hydrogen-bond donors (Lipinski definition) is 0. The average Bonchev–Trinajstić information content (AvgIpc) is 3.01. The quantitative estimate of drug-likeness (QED) is 0.166. The number of methoxy groups -OCH3 is 1. The molecule has 1 heterocycles. The first-order chi connectivity index (χ1) is 20.4. The molecule has 0 amide bonds. The molecule has 2 aromatic carbocycles. The third-order valence-electron chi connectivity index (χ3n) is 8.01. The fraction of sp³-hybridized carbons (Fsp3) is 0.529. The summed E-state index contributed by atoms with van der Waals surface area (Å²) < 4.78 is 29.2. The van der Waals surface area contributed by atoms with E-state index in [1.165, 1.54) is 10.4 Å². The number of aromatic nitrogens is 2. The van der Waals surface area contributed by atoms with E-state index in [1.54, 1.807) is 7.11 Å². The van der Waals surface area contributed by atoms with Gasteiger partial charge in [0.2, 0.25) is 0 Å². The lowest BCUT2D eigenvalue weighted by molar-refractivity contribution is -0.0269. The number of benzene rings is 2. The monoisotopic (exact) mass is 592 g/mol. The van der Waals surface area contributed by atoms with Crippen molar-refractivity contribution in [3.05, 3.63) is 84.4 Å². The number of nitrogens with zero attached hydrogens (tertiary/aromatic N) is 2.